The second kappa shape index (κ2) is 10.3. The Hall–Kier alpha value is -3.60. The maximum absolute atomic E-state index is 12.8. The fourth-order valence-electron chi connectivity index (χ4n) is 5.24. The third-order valence-electron chi connectivity index (χ3n) is 7.24. The molecule has 0 bridgehead atoms. The van der Waals surface area contributed by atoms with Crippen LogP contribution in [0.2, 0.25) is 0 Å². The fourth-order valence-corrected chi connectivity index (χ4v) is 5.24. The van der Waals surface area contributed by atoms with E-state index in [-0.39, 0.29) is 17.9 Å². The highest BCUT2D eigenvalue weighted by molar-refractivity contribution is 5.92. The number of nitrogen functional groups attached to an aromatic ring is 1. The van der Waals surface area contributed by atoms with Crippen molar-refractivity contribution in [1.82, 2.24) is 19.5 Å². The van der Waals surface area contributed by atoms with E-state index in [0.29, 0.717) is 23.1 Å². The minimum absolute atomic E-state index is 0.0242. The van der Waals surface area contributed by atoms with Crippen molar-refractivity contribution in [3.05, 3.63) is 36.4 Å². The molecule has 8 heteroatoms. The largest absolute Gasteiger partial charge is 0.497 e. The number of carbonyl (C=O) groups is 1. The SMILES string of the molecule is COc1cccc(NC(=O)C2CCC(n3cnc4c(N)nc(C#CC5CCCCC5)nc43)CC2)c1. The van der Waals surface area contributed by atoms with Crippen LogP contribution in [0.3, 0.4) is 0 Å². The van der Waals surface area contributed by atoms with Crippen molar-refractivity contribution >= 4 is 28.6 Å². The summed E-state index contributed by atoms with van der Waals surface area (Å²) in [6.45, 7) is 0. The molecule has 2 aliphatic rings. The van der Waals surface area contributed by atoms with Crippen molar-refractivity contribution in [2.45, 2.75) is 63.8 Å². The molecule has 8 nitrogen and oxygen atoms in total. The Balaban J connectivity index is 1.26. The zero-order valence-electron chi connectivity index (χ0n) is 20.2. The summed E-state index contributed by atoms with van der Waals surface area (Å²) < 4.78 is 7.34. The van der Waals surface area contributed by atoms with E-state index in [9.17, 15) is 4.79 Å². The van der Waals surface area contributed by atoms with E-state index in [1.807, 2.05) is 24.3 Å². The van der Waals surface area contributed by atoms with Crippen molar-refractivity contribution in [2.24, 2.45) is 11.8 Å². The molecular weight excluding hydrogens is 440 g/mol. The van der Waals surface area contributed by atoms with E-state index in [2.05, 4.69) is 31.7 Å². The Bertz CT molecular complexity index is 1260. The number of nitrogens with two attached hydrogens (primary N) is 1. The normalized spacial score (nSPS) is 20.7. The molecule has 0 radical (unpaired) electrons. The fraction of sp³-hybridized carbons (Fsp3) is 0.481. The number of carbonyl (C=O) groups excluding carboxylic acids is 1. The molecule has 2 aliphatic carbocycles. The number of methoxy groups -OCH3 is 1. The van der Waals surface area contributed by atoms with Crippen LogP contribution in [0, 0.1) is 23.7 Å². The predicted octanol–water partition coefficient (Wildman–Crippen LogP) is 4.72. The standard InChI is InChI=1S/C27H32N6O2/c1-35-22-9-5-8-20(16-22)30-27(34)19-11-13-21(14-12-19)33-17-29-24-25(28)31-23(32-26(24)33)15-10-18-6-3-2-4-7-18/h5,8-9,16-19,21H,2-4,6-7,11-14H2,1H3,(H,30,34)(H2,28,31,32). The van der Waals surface area contributed by atoms with Gasteiger partial charge in [-0.3, -0.25) is 4.79 Å². The van der Waals surface area contributed by atoms with Crippen LogP contribution in [0.1, 0.15) is 69.7 Å². The van der Waals surface area contributed by atoms with E-state index < -0.39 is 0 Å². The first-order chi connectivity index (χ1) is 17.1. The van der Waals surface area contributed by atoms with Crippen molar-refractivity contribution in [1.29, 1.82) is 0 Å². The molecule has 1 amide bonds. The summed E-state index contributed by atoms with van der Waals surface area (Å²) in [7, 11) is 1.62. The first-order valence-corrected chi connectivity index (χ1v) is 12.6. The number of amides is 1. The second-order valence-electron chi connectivity index (χ2n) is 9.59. The molecule has 2 aromatic heterocycles. The van der Waals surface area contributed by atoms with E-state index >= 15 is 0 Å². The van der Waals surface area contributed by atoms with E-state index in [4.69, 9.17) is 15.5 Å². The Morgan fingerprint density at radius 3 is 2.69 bits per heavy atom. The first-order valence-electron chi connectivity index (χ1n) is 12.6. The number of nitrogens with zero attached hydrogens (tertiary/aromatic N) is 4. The summed E-state index contributed by atoms with van der Waals surface area (Å²) in [4.78, 5) is 26.4. The summed E-state index contributed by atoms with van der Waals surface area (Å²) >= 11 is 0. The van der Waals surface area contributed by atoms with Crippen molar-refractivity contribution < 1.29 is 9.53 Å². The topological polar surface area (TPSA) is 108 Å². The number of benzene rings is 1. The molecule has 182 valence electrons. The molecule has 5 rings (SSSR count). The van der Waals surface area contributed by atoms with Gasteiger partial charge in [0.2, 0.25) is 11.7 Å². The molecule has 3 aromatic rings. The average molecular weight is 473 g/mol. The number of imidazole rings is 1. The minimum atomic E-state index is -0.0242. The maximum atomic E-state index is 12.8. The minimum Gasteiger partial charge on any atom is -0.497 e. The summed E-state index contributed by atoms with van der Waals surface area (Å²) in [6, 6.07) is 7.66. The molecule has 2 heterocycles. The van der Waals surface area contributed by atoms with Crippen LogP contribution in [-0.2, 0) is 4.79 Å². The van der Waals surface area contributed by atoms with Gasteiger partial charge >= 0.3 is 0 Å². The van der Waals surface area contributed by atoms with Crippen LogP contribution < -0.4 is 15.8 Å². The molecule has 0 saturated heterocycles. The number of hydrogen-bond acceptors (Lipinski definition) is 6. The lowest BCUT2D eigenvalue weighted by molar-refractivity contribution is -0.120. The number of nitrogens with one attached hydrogen (secondary N) is 1. The molecule has 0 spiro atoms. The smallest absolute Gasteiger partial charge is 0.227 e. The van der Waals surface area contributed by atoms with Crippen molar-refractivity contribution in [3.8, 4) is 17.6 Å². The van der Waals surface area contributed by atoms with Gasteiger partial charge in [-0.2, -0.15) is 0 Å². The summed E-state index contributed by atoms with van der Waals surface area (Å²) in [5, 5.41) is 3.03. The highest BCUT2D eigenvalue weighted by atomic mass is 16.5. The van der Waals surface area contributed by atoms with Gasteiger partial charge in [0.1, 0.15) is 11.3 Å². The van der Waals surface area contributed by atoms with Crippen LogP contribution in [-0.4, -0.2) is 32.5 Å². The molecule has 0 atom stereocenters. The summed E-state index contributed by atoms with van der Waals surface area (Å²) in [5.74, 6) is 8.53. The number of rotatable bonds is 4. The van der Waals surface area contributed by atoms with E-state index in [1.54, 1.807) is 13.4 Å². The third-order valence-corrected chi connectivity index (χ3v) is 7.24. The Morgan fingerprint density at radius 2 is 1.91 bits per heavy atom. The van der Waals surface area contributed by atoms with Gasteiger partial charge in [-0.1, -0.05) is 31.2 Å². The molecule has 2 saturated carbocycles. The first kappa shape index (κ1) is 23.2. The van der Waals surface area contributed by atoms with Gasteiger partial charge < -0.3 is 20.4 Å². The van der Waals surface area contributed by atoms with Crippen molar-refractivity contribution in [3.63, 3.8) is 0 Å². The lowest BCUT2D eigenvalue weighted by Crippen LogP contribution is -2.28. The van der Waals surface area contributed by atoms with Crippen LogP contribution in [0.25, 0.3) is 11.2 Å². The Kier molecular flexibility index (Phi) is 6.84. The lowest BCUT2D eigenvalue weighted by Gasteiger charge is -2.28. The summed E-state index contributed by atoms with van der Waals surface area (Å²) in [6.07, 6.45) is 11.2. The number of aromatic nitrogens is 4. The molecule has 0 aliphatic heterocycles. The van der Waals surface area contributed by atoms with Gasteiger partial charge in [0.25, 0.3) is 0 Å². The van der Waals surface area contributed by atoms with Crippen LogP contribution >= 0.6 is 0 Å². The zero-order valence-corrected chi connectivity index (χ0v) is 20.2. The average Bonchev–Trinajstić information content (AvgIpc) is 3.33. The molecule has 3 N–H and O–H groups in total. The van der Waals surface area contributed by atoms with Gasteiger partial charge in [0.15, 0.2) is 11.5 Å². The van der Waals surface area contributed by atoms with Crippen molar-refractivity contribution in [2.75, 3.05) is 18.2 Å². The maximum Gasteiger partial charge on any atom is 0.227 e. The van der Waals surface area contributed by atoms with Crippen LogP contribution in [0.15, 0.2) is 30.6 Å². The van der Waals surface area contributed by atoms with Gasteiger partial charge in [0.05, 0.1) is 13.4 Å². The van der Waals surface area contributed by atoms with Gasteiger partial charge in [-0.15, -0.1) is 0 Å². The van der Waals surface area contributed by atoms with E-state index in [0.717, 1.165) is 55.6 Å². The Labute approximate surface area is 205 Å². The lowest BCUT2D eigenvalue weighted by atomic mass is 9.85. The molecule has 0 unspecified atom stereocenters. The highest BCUT2D eigenvalue weighted by Gasteiger charge is 2.28. The van der Waals surface area contributed by atoms with Crippen LogP contribution in [0.5, 0.6) is 5.75 Å². The number of fused-ring (bicyclic) bond motifs is 1. The number of anilines is 2. The number of hydrogen-bond donors (Lipinski definition) is 2. The predicted molar refractivity (Wildman–Crippen MR) is 136 cm³/mol. The Morgan fingerprint density at radius 1 is 1.11 bits per heavy atom. The summed E-state index contributed by atoms with van der Waals surface area (Å²) in [5.41, 5.74) is 8.31. The van der Waals surface area contributed by atoms with Gasteiger partial charge in [-0.25, -0.2) is 15.0 Å². The van der Waals surface area contributed by atoms with E-state index in [1.165, 1.54) is 19.3 Å². The van der Waals surface area contributed by atoms with Crippen LogP contribution in [0.4, 0.5) is 11.5 Å². The second-order valence-corrected chi connectivity index (χ2v) is 9.59. The molecule has 2 fully saturated rings. The quantitative estimate of drug-likeness (QED) is 0.532. The zero-order chi connectivity index (χ0) is 24.2. The molecule has 35 heavy (non-hydrogen) atoms. The highest BCUT2D eigenvalue weighted by Crippen LogP contribution is 2.35. The monoisotopic (exact) mass is 472 g/mol. The van der Waals surface area contributed by atoms with Gasteiger partial charge in [0, 0.05) is 29.6 Å². The third kappa shape index (κ3) is 5.24. The number of ether oxygens (including phenoxy) is 1. The molecular formula is C27H32N6O2. The van der Waals surface area contributed by atoms with Gasteiger partial charge in [-0.05, 0) is 56.6 Å². The molecule has 1 aromatic carbocycles.